The summed E-state index contributed by atoms with van der Waals surface area (Å²) in [6.45, 7) is 3.37. The zero-order chi connectivity index (χ0) is 26.2. The highest BCUT2D eigenvalue weighted by Crippen LogP contribution is 2.31. The second kappa shape index (κ2) is 9.86. The van der Waals surface area contributed by atoms with E-state index in [0.717, 1.165) is 67.6 Å². The van der Waals surface area contributed by atoms with Crippen molar-refractivity contribution in [3.63, 3.8) is 0 Å². The fourth-order valence-electron chi connectivity index (χ4n) is 4.75. The van der Waals surface area contributed by atoms with Gasteiger partial charge in [-0.3, -0.25) is 9.88 Å². The fraction of sp³-hybridized carbons (Fsp3) is 0.179. The van der Waals surface area contributed by atoms with E-state index in [2.05, 4.69) is 24.9 Å². The molecule has 2 aromatic heterocycles. The molecule has 1 aliphatic rings. The number of halogens is 4. The maximum atomic E-state index is 14.3. The van der Waals surface area contributed by atoms with Gasteiger partial charge >= 0.3 is 0 Å². The summed E-state index contributed by atoms with van der Waals surface area (Å²) in [5.41, 5.74) is 2.65. The highest BCUT2D eigenvalue weighted by Gasteiger charge is 2.21. The van der Waals surface area contributed by atoms with Gasteiger partial charge in [-0.05, 0) is 48.0 Å². The third kappa shape index (κ3) is 4.82. The average molecular weight is 520 g/mol. The molecule has 0 saturated carbocycles. The lowest BCUT2D eigenvalue weighted by Gasteiger charge is -2.36. The van der Waals surface area contributed by atoms with Gasteiger partial charge in [0, 0.05) is 60.6 Å². The fourth-order valence-corrected chi connectivity index (χ4v) is 4.75. The molecular formula is C28H21F4N5O. The smallest absolute Gasteiger partial charge is 0.258 e. The molecule has 0 spiro atoms. The molecule has 1 aliphatic heterocycles. The van der Waals surface area contributed by atoms with Crippen LogP contribution in [-0.2, 0) is 6.54 Å². The first-order chi connectivity index (χ1) is 18.4. The number of anilines is 1. The van der Waals surface area contributed by atoms with Crippen LogP contribution in [0.5, 0.6) is 0 Å². The van der Waals surface area contributed by atoms with Gasteiger partial charge in [-0.2, -0.15) is 4.98 Å². The van der Waals surface area contributed by atoms with Crippen molar-refractivity contribution in [2.45, 2.75) is 6.54 Å². The van der Waals surface area contributed by atoms with Crippen molar-refractivity contribution in [2.24, 2.45) is 0 Å². The molecule has 3 heterocycles. The molecule has 6 nitrogen and oxygen atoms in total. The molecule has 0 radical (unpaired) electrons. The Morgan fingerprint density at radius 1 is 0.763 bits per heavy atom. The minimum atomic E-state index is -0.711. The van der Waals surface area contributed by atoms with Crippen LogP contribution in [0.2, 0.25) is 0 Å². The van der Waals surface area contributed by atoms with E-state index >= 15 is 0 Å². The first-order valence-corrected chi connectivity index (χ1v) is 12.0. The van der Waals surface area contributed by atoms with E-state index in [1.165, 1.54) is 6.07 Å². The second-order valence-corrected chi connectivity index (χ2v) is 9.12. The van der Waals surface area contributed by atoms with Gasteiger partial charge < -0.3 is 9.42 Å². The lowest BCUT2D eigenvalue weighted by Crippen LogP contribution is -2.46. The third-order valence-electron chi connectivity index (χ3n) is 6.61. The normalized spacial score (nSPS) is 14.4. The summed E-state index contributed by atoms with van der Waals surface area (Å²) in [7, 11) is 0. The summed E-state index contributed by atoms with van der Waals surface area (Å²) in [4.78, 5) is 13.2. The Morgan fingerprint density at radius 2 is 1.55 bits per heavy atom. The zero-order valence-electron chi connectivity index (χ0n) is 20.0. The van der Waals surface area contributed by atoms with Crippen molar-refractivity contribution in [1.82, 2.24) is 20.0 Å². The van der Waals surface area contributed by atoms with Gasteiger partial charge in [0.2, 0.25) is 0 Å². The van der Waals surface area contributed by atoms with Crippen LogP contribution < -0.4 is 4.90 Å². The van der Waals surface area contributed by atoms with Crippen molar-refractivity contribution >= 4 is 16.6 Å². The van der Waals surface area contributed by atoms with Crippen LogP contribution in [0.15, 0.2) is 71.4 Å². The van der Waals surface area contributed by atoms with E-state index < -0.39 is 23.3 Å². The predicted octanol–water partition coefficient (Wildman–Crippen LogP) is 5.83. The molecule has 0 unspecified atom stereocenters. The molecule has 1 fully saturated rings. The molecule has 38 heavy (non-hydrogen) atoms. The van der Waals surface area contributed by atoms with Crippen LogP contribution in [0.3, 0.4) is 0 Å². The number of benzene rings is 3. The first kappa shape index (κ1) is 24.1. The molecule has 1 saturated heterocycles. The monoisotopic (exact) mass is 519 g/mol. The number of aromatic nitrogens is 3. The van der Waals surface area contributed by atoms with E-state index in [1.54, 1.807) is 18.3 Å². The molecule has 3 aromatic carbocycles. The average Bonchev–Trinajstić information content (AvgIpc) is 3.38. The molecule has 192 valence electrons. The van der Waals surface area contributed by atoms with Crippen molar-refractivity contribution in [3.05, 3.63) is 96.0 Å². The third-order valence-corrected chi connectivity index (χ3v) is 6.61. The lowest BCUT2D eigenvalue weighted by atomic mass is 10.0. The van der Waals surface area contributed by atoms with Gasteiger partial charge in [-0.15, -0.1) is 0 Å². The highest BCUT2D eigenvalue weighted by atomic mass is 19.1. The molecular weight excluding hydrogens is 498 g/mol. The zero-order valence-corrected chi connectivity index (χ0v) is 20.0. The van der Waals surface area contributed by atoms with Crippen LogP contribution in [0.1, 0.15) is 5.82 Å². The van der Waals surface area contributed by atoms with Crippen molar-refractivity contribution in [1.29, 1.82) is 0 Å². The lowest BCUT2D eigenvalue weighted by molar-refractivity contribution is 0.240. The largest absolute Gasteiger partial charge is 0.368 e. The molecule has 0 atom stereocenters. The van der Waals surface area contributed by atoms with Gasteiger partial charge in [-0.1, -0.05) is 17.3 Å². The molecule has 0 N–H and O–H groups in total. The van der Waals surface area contributed by atoms with Crippen molar-refractivity contribution < 1.29 is 22.1 Å². The maximum Gasteiger partial charge on any atom is 0.258 e. The van der Waals surface area contributed by atoms with Crippen LogP contribution in [-0.4, -0.2) is 46.2 Å². The van der Waals surface area contributed by atoms with E-state index in [9.17, 15) is 17.6 Å². The van der Waals surface area contributed by atoms with E-state index in [1.807, 2.05) is 12.1 Å². The second-order valence-electron chi connectivity index (χ2n) is 9.12. The van der Waals surface area contributed by atoms with Gasteiger partial charge in [0.1, 0.15) is 23.3 Å². The van der Waals surface area contributed by atoms with Crippen molar-refractivity contribution in [3.8, 4) is 22.6 Å². The summed E-state index contributed by atoms with van der Waals surface area (Å²) in [6, 6.07) is 13.9. The summed E-state index contributed by atoms with van der Waals surface area (Å²) in [6.07, 6.45) is 1.71. The van der Waals surface area contributed by atoms with Gasteiger partial charge in [0.25, 0.3) is 5.89 Å². The Morgan fingerprint density at radius 3 is 2.34 bits per heavy atom. The summed E-state index contributed by atoms with van der Waals surface area (Å²) in [5, 5.41) is 4.89. The van der Waals surface area contributed by atoms with Gasteiger partial charge in [-0.25, -0.2) is 17.6 Å². The van der Waals surface area contributed by atoms with Crippen LogP contribution in [0, 0.1) is 23.3 Å². The van der Waals surface area contributed by atoms with E-state index in [0.29, 0.717) is 23.4 Å². The molecule has 6 rings (SSSR count). The number of hydrogen-bond acceptors (Lipinski definition) is 6. The Labute approximate surface area is 215 Å². The minimum absolute atomic E-state index is 0.0674. The molecule has 10 heteroatoms. The molecule has 0 amide bonds. The van der Waals surface area contributed by atoms with Crippen LogP contribution in [0.25, 0.3) is 33.5 Å². The quantitative estimate of drug-likeness (QED) is 0.273. The Hall–Kier alpha value is -4.31. The Bertz CT molecular complexity index is 1610. The molecule has 0 bridgehead atoms. The topological polar surface area (TPSA) is 58.3 Å². The number of hydrogen-bond donors (Lipinski definition) is 0. The van der Waals surface area contributed by atoms with Gasteiger partial charge in [0.05, 0.1) is 12.1 Å². The summed E-state index contributed by atoms with van der Waals surface area (Å²) >= 11 is 0. The van der Waals surface area contributed by atoms with E-state index in [-0.39, 0.29) is 17.0 Å². The first-order valence-electron chi connectivity index (χ1n) is 12.0. The minimum Gasteiger partial charge on any atom is -0.368 e. The predicted molar refractivity (Wildman–Crippen MR) is 134 cm³/mol. The number of piperazine rings is 1. The summed E-state index contributed by atoms with van der Waals surface area (Å²) in [5.74, 6) is -1.91. The Balaban J connectivity index is 1.15. The summed E-state index contributed by atoms with van der Waals surface area (Å²) < 4.78 is 60.2. The molecule has 0 aliphatic carbocycles. The van der Waals surface area contributed by atoms with Gasteiger partial charge in [0.15, 0.2) is 5.82 Å². The van der Waals surface area contributed by atoms with Crippen molar-refractivity contribution in [2.75, 3.05) is 31.1 Å². The Kier molecular flexibility index (Phi) is 6.24. The number of pyridine rings is 1. The van der Waals surface area contributed by atoms with E-state index in [4.69, 9.17) is 4.52 Å². The SMILES string of the molecule is Fc1cc(F)cc(-c2nc(CN3CCN(c4ccnc5cc(-c6cc(F)ccc6F)ccc45)CC3)no2)c1. The molecule has 5 aromatic rings. The number of rotatable bonds is 5. The maximum absolute atomic E-state index is 14.3. The number of fused-ring (bicyclic) bond motifs is 1. The highest BCUT2D eigenvalue weighted by molar-refractivity contribution is 5.94. The standard InChI is InChI=1S/C28H21F4N5O/c29-19-2-4-24(32)23(15-19)17-1-3-22-25(13-17)33-6-5-26(22)37-9-7-36(8-10-37)16-27-34-28(38-35-27)18-11-20(30)14-21(31)12-18/h1-6,11-15H,7-10,16H2. The van der Waals surface area contributed by atoms with Crippen LogP contribution in [0.4, 0.5) is 23.2 Å². The van der Waals surface area contributed by atoms with Crippen LogP contribution >= 0.6 is 0 Å². The number of nitrogens with zero attached hydrogens (tertiary/aromatic N) is 5.